The van der Waals surface area contributed by atoms with Crippen molar-refractivity contribution in [1.82, 2.24) is 9.88 Å². The van der Waals surface area contributed by atoms with Crippen molar-refractivity contribution in [2.75, 3.05) is 13.2 Å². The van der Waals surface area contributed by atoms with E-state index in [4.69, 9.17) is 5.11 Å². The van der Waals surface area contributed by atoms with Gasteiger partial charge < -0.3 is 15.0 Å². The van der Waals surface area contributed by atoms with Crippen molar-refractivity contribution in [1.29, 1.82) is 0 Å². The van der Waals surface area contributed by atoms with E-state index in [0.717, 1.165) is 19.5 Å². The normalized spacial score (nSPS) is 10.1. The summed E-state index contributed by atoms with van der Waals surface area (Å²) in [7, 11) is 0. The predicted octanol–water partition coefficient (Wildman–Crippen LogP) is 2.37. The van der Waals surface area contributed by atoms with Gasteiger partial charge in [-0.05, 0) is 37.2 Å². The second-order valence-electron chi connectivity index (χ2n) is 3.96. The number of rotatable bonds is 6. The van der Waals surface area contributed by atoms with E-state index >= 15 is 0 Å². The minimum Gasteiger partial charge on any atom is -0.396 e. The molecule has 0 aliphatic rings. The number of benzene rings is 1. The topological polar surface area (TPSA) is 37.2 Å². The third kappa shape index (κ3) is 3.88. The van der Waals surface area contributed by atoms with Gasteiger partial charge in [0.25, 0.3) is 0 Å². The Balaban J connectivity index is 0.00000162. The van der Waals surface area contributed by atoms with Crippen LogP contribution in [0.3, 0.4) is 0 Å². The SMILES string of the molecule is Cl.OCCCNCc1cccn1-c1ccccc1. The first kappa shape index (κ1) is 14.8. The molecule has 0 amide bonds. The van der Waals surface area contributed by atoms with Crippen LogP contribution in [0.15, 0.2) is 48.7 Å². The maximum absolute atomic E-state index is 8.71. The van der Waals surface area contributed by atoms with E-state index in [0.29, 0.717) is 0 Å². The Kier molecular flexibility index (Phi) is 6.50. The monoisotopic (exact) mass is 266 g/mol. The lowest BCUT2D eigenvalue weighted by atomic mass is 10.3. The fraction of sp³-hybridized carbons (Fsp3) is 0.286. The van der Waals surface area contributed by atoms with Gasteiger partial charge >= 0.3 is 0 Å². The van der Waals surface area contributed by atoms with Crippen LogP contribution in [0.2, 0.25) is 0 Å². The number of aliphatic hydroxyl groups is 1. The number of hydrogen-bond donors (Lipinski definition) is 2. The van der Waals surface area contributed by atoms with Crippen molar-refractivity contribution >= 4 is 12.4 Å². The summed E-state index contributed by atoms with van der Waals surface area (Å²) in [5, 5.41) is 12.0. The molecule has 0 unspecified atom stereocenters. The van der Waals surface area contributed by atoms with Gasteiger partial charge in [0.2, 0.25) is 0 Å². The van der Waals surface area contributed by atoms with Gasteiger partial charge in [-0.15, -0.1) is 12.4 Å². The molecule has 0 fully saturated rings. The quantitative estimate of drug-likeness (QED) is 0.788. The summed E-state index contributed by atoms with van der Waals surface area (Å²) in [6.07, 6.45) is 2.87. The molecule has 2 rings (SSSR count). The minimum atomic E-state index is 0. The molecular weight excluding hydrogens is 248 g/mol. The van der Waals surface area contributed by atoms with Crippen molar-refractivity contribution in [3.05, 3.63) is 54.4 Å². The first-order valence-corrected chi connectivity index (χ1v) is 5.95. The summed E-state index contributed by atoms with van der Waals surface area (Å²) >= 11 is 0. The zero-order valence-corrected chi connectivity index (χ0v) is 11.1. The molecule has 0 saturated heterocycles. The Morgan fingerprint density at radius 2 is 1.83 bits per heavy atom. The smallest absolute Gasteiger partial charge is 0.0452 e. The average Bonchev–Trinajstić information content (AvgIpc) is 2.84. The van der Waals surface area contributed by atoms with Gasteiger partial charge in [0.15, 0.2) is 0 Å². The number of hydrogen-bond acceptors (Lipinski definition) is 2. The van der Waals surface area contributed by atoms with Gasteiger partial charge in [-0.25, -0.2) is 0 Å². The van der Waals surface area contributed by atoms with E-state index in [9.17, 15) is 0 Å². The van der Waals surface area contributed by atoms with Crippen molar-refractivity contribution in [3.63, 3.8) is 0 Å². The molecule has 0 bridgehead atoms. The van der Waals surface area contributed by atoms with Crippen LogP contribution < -0.4 is 5.32 Å². The van der Waals surface area contributed by atoms with Gasteiger partial charge in [0.05, 0.1) is 0 Å². The molecule has 0 aliphatic carbocycles. The molecule has 0 radical (unpaired) electrons. The Morgan fingerprint density at radius 3 is 2.56 bits per heavy atom. The molecular formula is C14H19ClN2O. The summed E-state index contributed by atoms with van der Waals surface area (Å²) in [5.74, 6) is 0. The highest BCUT2D eigenvalue weighted by Crippen LogP contribution is 2.11. The molecule has 2 aromatic rings. The van der Waals surface area contributed by atoms with Crippen molar-refractivity contribution in [2.45, 2.75) is 13.0 Å². The Morgan fingerprint density at radius 1 is 1.06 bits per heavy atom. The van der Waals surface area contributed by atoms with Crippen molar-refractivity contribution in [3.8, 4) is 5.69 Å². The number of aliphatic hydroxyl groups excluding tert-OH is 1. The Labute approximate surface area is 114 Å². The molecule has 4 heteroatoms. The van der Waals surface area contributed by atoms with Gasteiger partial charge in [-0.3, -0.25) is 0 Å². The van der Waals surface area contributed by atoms with E-state index in [1.807, 2.05) is 18.2 Å². The fourth-order valence-electron chi connectivity index (χ4n) is 1.82. The number of halogens is 1. The number of para-hydroxylation sites is 1. The van der Waals surface area contributed by atoms with E-state index in [1.165, 1.54) is 11.4 Å². The number of nitrogens with one attached hydrogen (secondary N) is 1. The molecule has 0 spiro atoms. The van der Waals surface area contributed by atoms with Crippen molar-refractivity contribution in [2.24, 2.45) is 0 Å². The third-order valence-electron chi connectivity index (χ3n) is 2.69. The van der Waals surface area contributed by atoms with E-state index in [2.05, 4.69) is 40.3 Å². The number of aromatic nitrogens is 1. The average molecular weight is 267 g/mol. The van der Waals surface area contributed by atoms with Crippen LogP contribution in [0.25, 0.3) is 5.69 Å². The summed E-state index contributed by atoms with van der Waals surface area (Å²) in [5.41, 5.74) is 2.41. The van der Waals surface area contributed by atoms with Crippen LogP contribution in [0.4, 0.5) is 0 Å². The number of nitrogens with zero attached hydrogens (tertiary/aromatic N) is 1. The first-order valence-electron chi connectivity index (χ1n) is 5.95. The summed E-state index contributed by atoms with van der Waals surface area (Å²) < 4.78 is 2.17. The van der Waals surface area contributed by atoms with Crippen LogP contribution in [0, 0.1) is 0 Å². The highest BCUT2D eigenvalue weighted by Gasteiger charge is 2.01. The zero-order chi connectivity index (χ0) is 11.9. The standard InChI is InChI=1S/C14H18N2O.ClH/c17-11-5-9-15-12-14-8-4-10-16(14)13-6-2-1-3-7-13;/h1-4,6-8,10,15,17H,5,9,11-12H2;1H. The molecule has 1 heterocycles. The minimum absolute atomic E-state index is 0. The molecule has 0 atom stereocenters. The van der Waals surface area contributed by atoms with Crippen molar-refractivity contribution < 1.29 is 5.11 Å². The second kappa shape index (κ2) is 7.93. The molecule has 18 heavy (non-hydrogen) atoms. The zero-order valence-electron chi connectivity index (χ0n) is 10.2. The molecule has 0 aliphatic heterocycles. The van der Waals surface area contributed by atoms with Crippen LogP contribution in [0.5, 0.6) is 0 Å². The fourth-order valence-corrected chi connectivity index (χ4v) is 1.82. The Bertz CT molecular complexity index is 442. The van der Waals surface area contributed by atoms with E-state index in [-0.39, 0.29) is 19.0 Å². The highest BCUT2D eigenvalue weighted by molar-refractivity contribution is 5.85. The Hall–Kier alpha value is -1.29. The molecule has 98 valence electrons. The first-order chi connectivity index (χ1) is 8.42. The van der Waals surface area contributed by atoms with Crippen LogP contribution in [-0.2, 0) is 6.54 Å². The largest absolute Gasteiger partial charge is 0.396 e. The maximum Gasteiger partial charge on any atom is 0.0452 e. The molecule has 1 aromatic carbocycles. The highest BCUT2D eigenvalue weighted by atomic mass is 35.5. The lowest BCUT2D eigenvalue weighted by Crippen LogP contribution is -2.17. The maximum atomic E-state index is 8.71. The van der Waals surface area contributed by atoms with E-state index < -0.39 is 0 Å². The van der Waals surface area contributed by atoms with Crippen LogP contribution in [0.1, 0.15) is 12.1 Å². The molecule has 3 nitrogen and oxygen atoms in total. The lowest BCUT2D eigenvalue weighted by Gasteiger charge is -2.09. The predicted molar refractivity (Wildman–Crippen MR) is 76.4 cm³/mol. The van der Waals surface area contributed by atoms with E-state index in [1.54, 1.807) is 0 Å². The summed E-state index contributed by atoms with van der Waals surface area (Å²) in [6, 6.07) is 14.5. The van der Waals surface area contributed by atoms with Gasteiger partial charge in [-0.1, -0.05) is 18.2 Å². The van der Waals surface area contributed by atoms with Crippen LogP contribution in [-0.4, -0.2) is 22.8 Å². The van der Waals surface area contributed by atoms with Crippen LogP contribution >= 0.6 is 12.4 Å². The summed E-state index contributed by atoms with van der Waals surface area (Å²) in [4.78, 5) is 0. The second-order valence-corrected chi connectivity index (χ2v) is 3.96. The van der Waals surface area contributed by atoms with Gasteiger partial charge in [-0.2, -0.15) is 0 Å². The molecule has 2 N–H and O–H groups in total. The third-order valence-corrected chi connectivity index (χ3v) is 2.69. The molecule has 0 saturated carbocycles. The van der Waals surface area contributed by atoms with Gasteiger partial charge in [0, 0.05) is 30.7 Å². The molecule has 1 aromatic heterocycles. The summed E-state index contributed by atoms with van der Waals surface area (Å²) in [6.45, 7) is 1.91. The lowest BCUT2D eigenvalue weighted by molar-refractivity contribution is 0.286. The van der Waals surface area contributed by atoms with Gasteiger partial charge in [0.1, 0.15) is 0 Å².